The average Bonchev–Trinajstić information content (AvgIpc) is 2.47. The molecule has 1 aliphatic rings. The maximum Gasteiger partial charge on any atom is 0.239 e. The highest BCUT2D eigenvalue weighted by atomic mass is 16.2. The van der Waals surface area contributed by atoms with Crippen LogP contribution in [0.1, 0.15) is 24.8 Å². The van der Waals surface area contributed by atoms with Crippen LogP contribution in [0.5, 0.6) is 0 Å². The molecule has 1 fully saturated rings. The number of piperidine rings is 1. The fourth-order valence-corrected chi connectivity index (χ4v) is 2.91. The molecule has 1 unspecified atom stereocenters. The van der Waals surface area contributed by atoms with Crippen LogP contribution in [-0.2, 0) is 16.0 Å². The Morgan fingerprint density at radius 2 is 2.00 bits per heavy atom. The number of nitrogens with zero attached hydrogens (tertiary/aromatic N) is 1. The summed E-state index contributed by atoms with van der Waals surface area (Å²) in [6, 6.07) is 9.24. The van der Waals surface area contributed by atoms with Crippen LogP contribution in [0.15, 0.2) is 30.3 Å². The molecule has 1 aromatic rings. The number of nitrogens with two attached hydrogens (primary N) is 2. The lowest BCUT2D eigenvalue weighted by Crippen LogP contribution is -2.49. The minimum Gasteiger partial charge on any atom is -0.370 e. The van der Waals surface area contributed by atoms with Crippen molar-refractivity contribution in [1.29, 1.82) is 0 Å². The molecule has 21 heavy (non-hydrogen) atoms. The van der Waals surface area contributed by atoms with E-state index in [0.29, 0.717) is 19.4 Å². The molecular weight excluding hydrogens is 266 g/mol. The van der Waals surface area contributed by atoms with E-state index in [1.807, 2.05) is 30.3 Å². The normalized spacial score (nSPS) is 20.0. The van der Waals surface area contributed by atoms with Crippen LogP contribution in [0.25, 0.3) is 0 Å². The first-order valence-electron chi connectivity index (χ1n) is 7.43. The van der Waals surface area contributed by atoms with Crippen LogP contribution in [-0.4, -0.2) is 35.8 Å². The SMILES string of the molecule is NC(=O)CC1CCCN(C(=O)[C@@H](N)Cc2ccccc2)C1. The third-order valence-electron chi connectivity index (χ3n) is 3.94. The molecule has 1 aliphatic heterocycles. The quantitative estimate of drug-likeness (QED) is 0.835. The smallest absolute Gasteiger partial charge is 0.239 e. The van der Waals surface area contributed by atoms with Crippen LogP contribution in [0.3, 0.4) is 0 Å². The van der Waals surface area contributed by atoms with Crippen LogP contribution in [0, 0.1) is 5.92 Å². The highest BCUT2D eigenvalue weighted by Gasteiger charge is 2.27. The number of carbonyl (C=O) groups excluding carboxylic acids is 2. The minimum atomic E-state index is -0.528. The predicted octanol–water partition coefficient (Wildman–Crippen LogP) is 0.670. The Morgan fingerprint density at radius 3 is 2.67 bits per heavy atom. The van der Waals surface area contributed by atoms with Gasteiger partial charge in [-0.3, -0.25) is 9.59 Å². The van der Waals surface area contributed by atoms with E-state index in [-0.39, 0.29) is 17.7 Å². The lowest BCUT2D eigenvalue weighted by Gasteiger charge is -2.34. The van der Waals surface area contributed by atoms with Gasteiger partial charge in [-0.25, -0.2) is 0 Å². The molecule has 2 atom stereocenters. The number of primary amides is 1. The van der Waals surface area contributed by atoms with Gasteiger partial charge in [0.15, 0.2) is 0 Å². The van der Waals surface area contributed by atoms with Crippen molar-refractivity contribution < 1.29 is 9.59 Å². The van der Waals surface area contributed by atoms with Gasteiger partial charge in [-0.1, -0.05) is 30.3 Å². The summed E-state index contributed by atoms with van der Waals surface area (Å²) in [4.78, 5) is 25.2. The molecule has 1 heterocycles. The molecule has 0 saturated carbocycles. The third-order valence-corrected chi connectivity index (χ3v) is 3.94. The van der Waals surface area contributed by atoms with Gasteiger partial charge in [-0.15, -0.1) is 0 Å². The zero-order chi connectivity index (χ0) is 15.2. The molecule has 0 aliphatic carbocycles. The molecule has 0 radical (unpaired) electrons. The van der Waals surface area contributed by atoms with Gasteiger partial charge in [0, 0.05) is 19.5 Å². The highest BCUT2D eigenvalue weighted by Crippen LogP contribution is 2.20. The summed E-state index contributed by atoms with van der Waals surface area (Å²) in [5.41, 5.74) is 12.3. The fraction of sp³-hybridized carbons (Fsp3) is 0.500. The van der Waals surface area contributed by atoms with Gasteiger partial charge < -0.3 is 16.4 Å². The van der Waals surface area contributed by atoms with Crippen molar-refractivity contribution in [2.45, 2.75) is 31.7 Å². The second-order valence-electron chi connectivity index (χ2n) is 5.76. The van der Waals surface area contributed by atoms with E-state index >= 15 is 0 Å². The van der Waals surface area contributed by atoms with E-state index < -0.39 is 6.04 Å². The van der Waals surface area contributed by atoms with Gasteiger partial charge in [0.25, 0.3) is 0 Å². The molecule has 2 amide bonds. The standard InChI is InChI=1S/C16H23N3O2/c17-14(9-12-5-2-1-3-6-12)16(21)19-8-4-7-13(11-19)10-15(18)20/h1-3,5-6,13-14H,4,7-11,17H2,(H2,18,20)/t13?,14-/m0/s1. The Balaban J connectivity index is 1.91. The number of rotatable bonds is 5. The number of likely N-dealkylation sites (tertiary alicyclic amines) is 1. The first-order valence-corrected chi connectivity index (χ1v) is 7.43. The molecule has 1 saturated heterocycles. The summed E-state index contributed by atoms with van der Waals surface area (Å²) < 4.78 is 0. The van der Waals surface area contributed by atoms with E-state index in [1.165, 1.54) is 0 Å². The van der Waals surface area contributed by atoms with Gasteiger partial charge in [0.2, 0.25) is 11.8 Å². The van der Waals surface area contributed by atoms with Crippen molar-refractivity contribution in [3.63, 3.8) is 0 Å². The Labute approximate surface area is 125 Å². The molecule has 0 spiro atoms. The first-order chi connectivity index (χ1) is 10.1. The van der Waals surface area contributed by atoms with Crippen molar-refractivity contribution in [3.05, 3.63) is 35.9 Å². The van der Waals surface area contributed by atoms with Crippen molar-refractivity contribution >= 4 is 11.8 Å². The fourth-order valence-electron chi connectivity index (χ4n) is 2.91. The molecule has 0 aromatic heterocycles. The lowest BCUT2D eigenvalue weighted by atomic mass is 9.93. The molecular formula is C16H23N3O2. The summed E-state index contributed by atoms with van der Waals surface area (Å²) >= 11 is 0. The van der Waals surface area contributed by atoms with Gasteiger partial charge in [0.05, 0.1) is 6.04 Å². The molecule has 5 nitrogen and oxygen atoms in total. The number of hydrogen-bond acceptors (Lipinski definition) is 3. The first kappa shape index (κ1) is 15.5. The van der Waals surface area contributed by atoms with Crippen LogP contribution >= 0.6 is 0 Å². The molecule has 1 aromatic carbocycles. The van der Waals surface area contributed by atoms with E-state index in [0.717, 1.165) is 24.9 Å². The Kier molecular flexibility index (Phi) is 5.33. The summed E-state index contributed by atoms with van der Waals surface area (Å²) in [6.45, 7) is 1.31. The van der Waals surface area contributed by atoms with E-state index in [2.05, 4.69) is 0 Å². The second-order valence-corrected chi connectivity index (χ2v) is 5.76. The molecule has 114 valence electrons. The summed E-state index contributed by atoms with van der Waals surface area (Å²) in [7, 11) is 0. The van der Waals surface area contributed by atoms with Gasteiger partial charge in [0.1, 0.15) is 0 Å². The zero-order valence-corrected chi connectivity index (χ0v) is 12.2. The number of hydrogen-bond donors (Lipinski definition) is 2. The molecule has 5 heteroatoms. The van der Waals surface area contributed by atoms with Crippen molar-refractivity contribution in [3.8, 4) is 0 Å². The van der Waals surface area contributed by atoms with Gasteiger partial charge >= 0.3 is 0 Å². The minimum absolute atomic E-state index is 0.0342. The van der Waals surface area contributed by atoms with Crippen LogP contribution < -0.4 is 11.5 Å². The van der Waals surface area contributed by atoms with Crippen molar-refractivity contribution in [2.24, 2.45) is 17.4 Å². The predicted molar refractivity (Wildman–Crippen MR) is 81.2 cm³/mol. The van der Waals surface area contributed by atoms with Gasteiger partial charge in [-0.05, 0) is 30.7 Å². The molecule has 2 rings (SSSR count). The summed E-state index contributed by atoms with van der Waals surface area (Å²) in [5, 5.41) is 0. The Morgan fingerprint density at radius 1 is 1.29 bits per heavy atom. The maximum absolute atomic E-state index is 12.4. The number of carbonyl (C=O) groups is 2. The maximum atomic E-state index is 12.4. The molecule has 4 N–H and O–H groups in total. The highest BCUT2D eigenvalue weighted by molar-refractivity contribution is 5.82. The zero-order valence-electron chi connectivity index (χ0n) is 12.2. The Hall–Kier alpha value is -1.88. The average molecular weight is 289 g/mol. The summed E-state index contributed by atoms with van der Waals surface area (Å²) in [6.07, 6.45) is 2.73. The number of amides is 2. The van der Waals surface area contributed by atoms with Gasteiger partial charge in [-0.2, -0.15) is 0 Å². The third kappa shape index (κ3) is 4.56. The summed E-state index contributed by atoms with van der Waals surface area (Å²) in [5.74, 6) is -0.167. The van der Waals surface area contributed by atoms with Crippen molar-refractivity contribution in [2.75, 3.05) is 13.1 Å². The monoisotopic (exact) mass is 289 g/mol. The topological polar surface area (TPSA) is 89.4 Å². The van der Waals surface area contributed by atoms with Crippen LogP contribution in [0.2, 0.25) is 0 Å². The van der Waals surface area contributed by atoms with E-state index in [9.17, 15) is 9.59 Å². The largest absolute Gasteiger partial charge is 0.370 e. The van der Waals surface area contributed by atoms with Crippen molar-refractivity contribution in [1.82, 2.24) is 4.90 Å². The molecule has 0 bridgehead atoms. The van der Waals surface area contributed by atoms with E-state index in [4.69, 9.17) is 11.5 Å². The number of benzene rings is 1. The second kappa shape index (κ2) is 7.22. The van der Waals surface area contributed by atoms with Crippen LogP contribution in [0.4, 0.5) is 0 Å². The lowest BCUT2D eigenvalue weighted by molar-refractivity contribution is -0.135. The Bertz CT molecular complexity index is 490. The van der Waals surface area contributed by atoms with E-state index in [1.54, 1.807) is 4.90 Å².